The lowest BCUT2D eigenvalue weighted by Crippen LogP contribution is -1.95. The van der Waals surface area contributed by atoms with Crippen LogP contribution in [0.5, 0.6) is 0 Å². The predicted octanol–water partition coefficient (Wildman–Crippen LogP) is 1.64. The third kappa shape index (κ3) is 2.44. The van der Waals surface area contributed by atoms with Gasteiger partial charge in [-0.2, -0.15) is 5.10 Å². The number of aromatic nitrogens is 3. The summed E-state index contributed by atoms with van der Waals surface area (Å²) in [6, 6.07) is 3.84. The SMILES string of the molecule is Cc1ccncc1C#CCn1cccn1. The van der Waals surface area contributed by atoms with Gasteiger partial charge in [0.15, 0.2) is 0 Å². The first-order chi connectivity index (χ1) is 7.36. The molecule has 3 nitrogen and oxygen atoms in total. The van der Waals surface area contributed by atoms with E-state index in [2.05, 4.69) is 21.9 Å². The molecule has 0 saturated carbocycles. The van der Waals surface area contributed by atoms with Crippen LogP contribution in [0.15, 0.2) is 36.9 Å². The van der Waals surface area contributed by atoms with Gasteiger partial charge in [0, 0.05) is 30.4 Å². The Morgan fingerprint density at radius 3 is 3.07 bits per heavy atom. The molecule has 0 amide bonds. The first kappa shape index (κ1) is 9.47. The van der Waals surface area contributed by atoms with E-state index in [1.807, 2.05) is 25.3 Å². The second-order valence-corrected chi connectivity index (χ2v) is 3.20. The first-order valence-electron chi connectivity index (χ1n) is 4.73. The minimum atomic E-state index is 0.612. The number of aryl methyl sites for hydroxylation is 1. The van der Waals surface area contributed by atoms with Gasteiger partial charge in [0.1, 0.15) is 6.54 Å². The molecule has 0 aliphatic heterocycles. The molecule has 0 spiro atoms. The van der Waals surface area contributed by atoms with Gasteiger partial charge < -0.3 is 0 Å². The van der Waals surface area contributed by atoms with Gasteiger partial charge >= 0.3 is 0 Å². The van der Waals surface area contributed by atoms with Crippen molar-refractivity contribution in [3.8, 4) is 11.8 Å². The summed E-state index contributed by atoms with van der Waals surface area (Å²) in [6.07, 6.45) is 7.20. The van der Waals surface area contributed by atoms with Gasteiger partial charge in [-0.3, -0.25) is 9.67 Å². The van der Waals surface area contributed by atoms with E-state index in [1.54, 1.807) is 23.3 Å². The van der Waals surface area contributed by atoms with Crippen molar-refractivity contribution in [1.29, 1.82) is 0 Å². The molecule has 0 bridgehead atoms. The minimum absolute atomic E-state index is 0.612. The van der Waals surface area contributed by atoms with E-state index in [1.165, 1.54) is 0 Å². The van der Waals surface area contributed by atoms with Crippen LogP contribution < -0.4 is 0 Å². The maximum Gasteiger partial charge on any atom is 0.102 e. The highest BCUT2D eigenvalue weighted by atomic mass is 15.3. The summed E-state index contributed by atoms with van der Waals surface area (Å²) in [7, 11) is 0. The summed E-state index contributed by atoms with van der Waals surface area (Å²) in [4.78, 5) is 4.04. The molecule has 74 valence electrons. The van der Waals surface area contributed by atoms with Crippen LogP contribution in [0.4, 0.5) is 0 Å². The van der Waals surface area contributed by atoms with E-state index in [4.69, 9.17) is 0 Å². The van der Waals surface area contributed by atoms with E-state index in [0.29, 0.717) is 6.54 Å². The fraction of sp³-hybridized carbons (Fsp3) is 0.167. The third-order valence-corrected chi connectivity index (χ3v) is 2.06. The molecule has 3 heteroatoms. The zero-order valence-electron chi connectivity index (χ0n) is 8.51. The van der Waals surface area contributed by atoms with E-state index in [0.717, 1.165) is 11.1 Å². The highest BCUT2D eigenvalue weighted by molar-refractivity contribution is 5.37. The highest BCUT2D eigenvalue weighted by Gasteiger charge is 1.91. The molecule has 0 unspecified atom stereocenters. The molecule has 2 rings (SSSR count). The Hall–Kier alpha value is -2.08. The van der Waals surface area contributed by atoms with Crippen molar-refractivity contribution < 1.29 is 0 Å². The molecule has 0 aliphatic rings. The largest absolute Gasteiger partial charge is 0.263 e. The van der Waals surface area contributed by atoms with Crippen molar-refractivity contribution in [2.75, 3.05) is 0 Å². The lowest BCUT2D eigenvalue weighted by molar-refractivity contribution is 0.715. The number of rotatable bonds is 1. The summed E-state index contributed by atoms with van der Waals surface area (Å²) in [5.74, 6) is 6.13. The van der Waals surface area contributed by atoms with Crippen LogP contribution in [0.2, 0.25) is 0 Å². The maximum atomic E-state index is 4.07. The van der Waals surface area contributed by atoms with Crippen LogP contribution in [-0.4, -0.2) is 14.8 Å². The summed E-state index contributed by atoms with van der Waals surface area (Å²) < 4.78 is 1.79. The molecule has 2 aromatic rings. The molecule has 0 fully saturated rings. The molecule has 0 radical (unpaired) electrons. The molecular formula is C12H11N3. The quantitative estimate of drug-likeness (QED) is 0.651. The van der Waals surface area contributed by atoms with E-state index >= 15 is 0 Å². The Balaban J connectivity index is 2.09. The van der Waals surface area contributed by atoms with Gasteiger partial charge in [-0.1, -0.05) is 11.8 Å². The van der Waals surface area contributed by atoms with Gasteiger partial charge in [-0.05, 0) is 24.6 Å². The normalized spacial score (nSPS) is 9.40. The van der Waals surface area contributed by atoms with E-state index < -0.39 is 0 Å². The van der Waals surface area contributed by atoms with Gasteiger partial charge in [-0.15, -0.1) is 0 Å². The Morgan fingerprint density at radius 1 is 1.40 bits per heavy atom. The summed E-state index contributed by atoms with van der Waals surface area (Å²) >= 11 is 0. The van der Waals surface area contributed by atoms with E-state index in [9.17, 15) is 0 Å². The van der Waals surface area contributed by atoms with Gasteiger partial charge in [-0.25, -0.2) is 0 Å². The predicted molar refractivity (Wildman–Crippen MR) is 58.1 cm³/mol. The average molecular weight is 197 g/mol. The first-order valence-corrected chi connectivity index (χ1v) is 4.73. The van der Waals surface area contributed by atoms with Crippen LogP contribution in [0.3, 0.4) is 0 Å². The van der Waals surface area contributed by atoms with Gasteiger partial charge in [0.25, 0.3) is 0 Å². The maximum absolute atomic E-state index is 4.07. The van der Waals surface area contributed by atoms with Crippen molar-refractivity contribution >= 4 is 0 Å². The second kappa shape index (κ2) is 4.43. The monoisotopic (exact) mass is 197 g/mol. The van der Waals surface area contributed by atoms with Gasteiger partial charge in [0.05, 0.1) is 0 Å². The summed E-state index contributed by atoms with van der Waals surface area (Å²) in [5.41, 5.74) is 2.13. The summed E-state index contributed by atoms with van der Waals surface area (Å²) in [5, 5.41) is 4.07. The van der Waals surface area contributed by atoms with Crippen molar-refractivity contribution in [3.63, 3.8) is 0 Å². The zero-order valence-corrected chi connectivity index (χ0v) is 8.51. The Kier molecular flexibility index (Phi) is 2.80. The van der Waals surface area contributed by atoms with Crippen molar-refractivity contribution in [1.82, 2.24) is 14.8 Å². The molecule has 2 aromatic heterocycles. The number of nitrogens with zero attached hydrogens (tertiary/aromatic N) is 3. The van der Waals surface area contributed by atoms with Gasteiger partial charge in [0.2, 0.25) is 0 Å². The Bertz CT molecular complexity index is 489. The molecule has 0 aliphatic carbocycles. The fourth-order valence-electron chi connectivity index (χ4n) is 1.20. The van der Waals surface area contributed by atoms with Crippen molar-refractivity contribution in [2.24, 2.45) is 0 Å². The van der Waals surface area contributed by atoms with E-state index in [-0.39, 0.29) is 0 Å². The Morgan fingerprint density at radius 2 is 2.33 bits per heavy atom. The molecule has 0 atom stereocenters. The van der Waals surface area contributed by atoms with Crippen LogP contribution in [-0.2, 0) is 6.54 Å². The molecule has 0 aromatic carbocycles. The number of hydrogen-bond donors (Lipinski definition) is 0. The van der Waals surface area contributed by atoms with Crippen molar-refractivity contribution in [3.05, 3.63) is 48.0 Å². The zero-order chi connectivity index (χ0) is 10.5. The lowest BCUT2D eigenvalue weighted by Gasteiger charge is -1.94. The Labute approximate surface area is 88.8 Å². The lowest BCUT2D eigenvalue weighted by atomic mass is 10.2. The highest BCUT2D eigenvalue weighted by Crippen LogP contribution is 2.01. The molecule has 0 saturated heterocycles. The smallest absolute Gasteiger partial charge is 0.102 e. The van der Waals surface area contributed by atoms with Crippen LogP contribution in [0.25, 0.3) is 0 Å². The van der Waals surface area contributed by atoms with Crippen molar-refractivity contribution in [2.45, 2.75) is 13.5 Å². The van der Waals surface area contributed by atoms with Crippen LogP contribution in [0.1, 0.15) is 11.1 Å². The fourth-order valence-corrected chi connectivity index (χ4v) is 1.20. The standard InChI is InChI=1S/C12H11N3/c1-11-5-7-13-10-12(11)4-2-8-15-9-3-6-14-15/h3,5-7,9-10H,8H2,1H3. The third-order valence-electron chi connectivity index (χ3n) is 2.06. The van der Waals surface area contributed by atoms with Crippen LogP contribution in [0, 0.1) is 18.8 Å². The average Bonchev–Trinajstić information content (AvgIpc) is 2.74. The van der Waals surface area contributed by atoms with Crippen LogP contribution >= 0.6 is 0 Å². The number of hydrogen-bond acceptors (Lipinski definition) is 2. The molecule has 15 heavy (non-hydrogen) atoms. The molecule has 2 heterocycles. The minimum Gasteiger partial charge on any atom is -0.263 e. The summed E-state index contributed by atoms with van der Waals surface area (Å²) in [6.45, 7) is 2.64. The molecular weight excluding hydrogens is 186 g/mol. The number of pyridine rings is 1. The topological polar surface area (TPSA) is 30.7 Å². The molecule has 0 N–H and O–H groups in total. The second-order valence-electron chi connectivity index (χ2n) is 3.20.